The molecule has 0 bridgehead atoms. The number of rotatable bonds is 4. The van der Waals surface area contributed by atoms with Crippen molar-refractivity contribution in [2.45, 2.75) is 44.3 Å². The lowest BCUT2D eigenvalue weighted by Crippen LogP contribution is -2.45. The lowest BCUT2D eigenvalue weighted by molar-refractivity contribution is -0.140. The summed E-state index contributed by atoms with van der Waals surface area (Å²) in [6.45, 7) is 5.69. The van der Waals surface area contributed by atoms with Gasteiger partial charge in [-0.05, 0) is 41.0 Å². The van der Waals surface area contributed by atoms with E-state index < -0.39 is 34.9 Å². The summed E-state index contributed by atoms with van der Waals surface area (Å²) in [6.07, 6.45) is 1.76. The predicted octanol–water partition coefficient (Wildman–Crippen LogP) is 4.91. The highest BCUT2D eigenvalue weighted by atomic mass is 16.6. The number of nitrogens with zero attached hydrogens (tertiary/aromatic N) is 3. The molecule has 0 N–H and O–H groups in total. The third-order valence-corrected chi connectivity index (χ3v) is 7.68. The molecule has 1 saturated heterocycles. The van der Waals surface area contributed by atoms with Gasteiger partial charge in [0.2, 0.25) is 5.90 Å². The van der Waals surface area contributed by atoms with Crippen molar-refractivity contribution in [3.8, 4) is 5.75 Å². The summed E-state index contributed by atoms with van der Waals surface area (Å²) in [5, 5.41) is 6.59. The Bertz CT molecular complexity index is 1470. The number of ketones is 1. The molecule has 4 atom stereocenters. The minimum Gasteiger partial charge on any atom is -0.497 e. The van der Waals surface area contributed by atoms with E-state index in [2.05, 4.69) is 0 Å². The van der Waals surface area contributed by atoms with Gasteiger partial charge in [-0.1, -0.05) is 75.4 Å². The second-order valence-electron chi connectivity index (χ2n) is 11.0. The Kier molecular flexibility index (Phi) is 5.49. The molecule has 7 nitrogen and oxygen atoms in total. The van der Waals surface area contributed by atoms with Crippen molar-refractivity contribution in [2.75, 3.05) is 7.11 Å². The van der Waals surface area contributed by atoms with Gasteiger partial charge in [0.15, 0.2) is 11.3 Å². The lowest BCUT2D eigenvalue weighted by atomic mass is 9.70. The molecule has 0 aliphatic carbocycles. The first-order valence-electron chi connectivity index (χ1n) is 12.7. The van der Waals surface area contributed by atoms with Gasteiger partial charge in [-0.2, -0.15) is 5.10 Å². The zero-order valence-electron chi connectivity index (χ0n) is 21.8. The van der Waals surface area contributed by atoms with Crippen molar-refractivity contribution in [3.05, 3.63) is 101 Å². The topological polar surface area (TPSA) is 80.6 Å². The molecule has 3 aliphatic rings. The fourth-order valence-corrected chi connectivity index (χ4v) is 5.89. The number of hydrazone groups is 1. The van der Waals surface area contributed by atoms with Gasteiger partial charge in [0.1, 0.15) is 17.8 Å². The molecule has 192 valence electrons. The second kappa shape index (κ2) is 8.65. The van der Waals surface area contributed by atoms with Crippen LogP contribution in [0.15, 0.2) is 89.0 Å². The van der Waals surface area contributed by atoms with Crippen LogP contribution in [0.1, 0.15) is 55.0 Å². The van der Waals surface area contributed by atoms with Crippen LogP contribution in [0.5, 0.6) is 5.75 Å². The third kappa shape index (κ3) is 3.49. The summed E-state index contributed by atoms with van der Waals surface area (Å²) in [4.78, 5) is 33.5. The predicted molar refractivity (Wildman–Crippen MR) is 144 cm³/mol. The van der Waals surface area contributed by atoms with Crippen molar-refractivity contribution < 1.29 is 19.1 Å². The van der Waals surface area contributed by atoms with E-state index in [9.17, 15) is 9.59 Å². The average molecular weight is 508 g/mol. The minimum atomic E-state index is -1.43. The molecule has 0 aromatic heterocycles. The van der Waals surface area contributed by atoms with Gasteiger partial charge in [0.25, 0.3) is 0 Å². The van der Waals surface area contributed by atoms with Crippen LogP contribution in [0.2, 0.25) is 0 Å². The molecular formula is C31H29N3O4. The van der Waals surface area contributed by atoms with E-state index in [-0.39, 0.29) is 11.7 Å². The number of hydrogen-bond donors (Lipinski definition) is 0. The normalized spacial score (nSPS) is 25.6. The van der Waals surface area contributed by atoms with E-state index in [1.807, 2.05) is 99.6 Å². The smallest absolute Gasteiger partial charge is 0.344 e. The van der Waals surface area contributed by atoms with Crippen LogP contribution in [0.3, 0.4) is 0 Å². The van der Waals surface area contributed by atoms with E-state index in [0.717, 1.165) is 16.7 Å². The largest absolute Gasteiger partial charge is 0.497 e. The minimum absolute atomic E-state index is 0.0205. The van der Waals surface area contributed by atoms with Crippen LogP contribution >= 0.6 is 0 Å². The monoisotopic (exact) mass is 507 g/mol. The Morgan fingerprint density at radius 1 is 0.974 bits per heavy atom. The van der Waals surface area contributed by atoms with E-state index in [4.69, 9.17) is 19.6 Å². The summed E-state index contributed by atoms with van der Waals surface area (Å²) in [5.74, 6) is -0.216. The molecule has 0 amide bonds. The Labute approximate surface area is 221 Å². The summed E-state index contributed by atoms with van der Waals surface area (Å²) in [5.41, 5.74) is 1.16. The quantitative estimate of drug-likeness (QED) is 0.469. The molecule has 38 heavy (non-hydrogen) atoms. The highest BCUT2D eigenvalue weighted by Gasteiger charge is 2.71. The van der Waals surface area contributed by atoms with Crippen molar-refractivity contribution in [1.82, 2.24) is 5.01 Å². The van der Waals surface area contributed by atoms with Crippen molar-refractivity contribution >= 4 is 23.9 Å². The molecule has 0 radical (unpaired) electrons. The maximum Gasteiger partial charge on any atom is 0.344 e. The highest BCUT2D eigenvalue weighted by molar-refractivity contribution is 6.10. The van der Waals surface area contributed by atoms with Crippen LogP contribution in [-0.2, 0) is 14.3 Å². The molecule has 1 unspecified atom stereocenters. The molecule has 0 saturated carbocycles. The Morgan fingerprint density at radius 2 is 1.66 bits per heavy atom. The number of cyclic esters (lactones) is 1. The molecule has 1 fully saturated rings. The Morgan fingerprint density at radius 3 is 2.34 bits per heavy atom. The number of aliphatic imine (C=N–C) groups is 1. The number of benzene rings is 3. The summed E-state index contributed by atoms with van der Waals surface area (Å²) in [7, 11) is 1.61. The Hall–Kier alpha value is -4.26. The van der Waals surface area contributed by atoms with Crippen molar-refractivity contribution in [3.63, 3.8) is 0 Å². The maximum atomic E-state index is 14.2. The number of ether oxygens (including phenoxy) is 2. The van der Waals surface area contributed by atoms with Gasteiger partial charge in [-0.15, -0.1) is 0 Å². The van der Waals surface area contributed by atoms with Gasteiger partial charge in [-0.25, -0.2) is 9.79 Å². The zero-order valence-corrected chi connectivity index (χ0v) is 21.8. The summed E-state index contributed by atoms with van der Waals surface area (Å²) >= 11 is 0. The molecule has 3 aromatic rings. The fourth-order valence-electron chi connectivity index (χ4n) is 5.89. The number of hydrogen-bond acceptors (Lipinski definition) is 7. The number of methoxy groups -OCH3 is 1. The lowest BCUT2D eigenvalue weighted by Gasteiger charge is -2.35. The Balaban J connectivity index is 1.65. The molecular weight excluding hydrogens is 478 g/mol. The fraction of sp³-hybridized carbons (Fsp3) is 0.290. The summed E-state index contributed by atoms with van der Waals surface area (Å²) < 4.78 is 11.4. The van der Waals surface area contributed by atoms with Crippen molar-refractivity contribution in [1.29, 1.82) is 0 Å². The average Bonchev–Trinajstić information content (AvgIpc) is 3.43. The van der Waals surface area contributed by atoms with E-state index >= 15 is 0 Å². The van der Waals surface area contributed by atoms with Crippen LogP contribution < -0.4 is 4.74 Å². The molecule has 1 spiro atoms. The van der Waals surface area contributed by atoms with Gasteiger partial charge >= 0.3 is 5.97 Å². The highest BCUT2D eigenvalue weighted by Crippen LogP contribution is 2.59. The third-order valence-electron chi connectivity index (χ3n) is 7.68. The number of fused-ring (bicyclic) bond motifs is 4. The van der Waals surface area contributed by atoms with E-state index in [1.165, 1.54) is 0 Å². The molecule has 3 aliphatic heterocycles. The van der Waals surface area contributed by atoms with Crippen LogP contribution in [0.25, 0.3) is 0 Å². The number of Topliss-reactive ketones (excluding diaryl/α,β-unsaturated/α-hetero) is 1. The molecule has 7 heteroatoms. The summed E-state index contributed by atoms with van der Waals surface area (Å²) in [6, 6.07) is 23.4. The van der Waals surface area contributed by atoms with Crippen LogP contribution in [0, 0.1) is 5.41 Å². The first-order chi connectivity index (χ1) is 18.3. The van der Waals surface area contributed by atoms with Gasteiger partial charge in [0, 0.05) is 11.0 Å². The van der Waals surface area contributed by atoms with Crippen LogP contribution in [0.4, 0.5) is 0 Å². The number of esters is 1. The SMILES string of the molecule is COc1ccc([C@@H]2[C@@H](C(=O)C(C)(C)C)N3N=Cc4ccccc4C3[C@@]23N=C(c2ccccc2)OC3=O)cc1. The van der Waals surface area contributed by atoms with Gasteiger partial charge in [-0.3, -0.25) is 9.80 Å². The van der Waals surface area contributed by atoms with E-state index in [1.54, 1.807) is 18.3 Å². The molecule has 6 rings (SSSR count). The first-order valence-corrected chi connectivity index (χ1v) is 12.7. The van der Waals surface area contributed by atoms with Gasteiger partial charge < -0.3 is 9.47 Å². The standard InChI is InChI=1S/C31H29N3O4/c1-30(2,3)27(35)25-24(19-14-16-22(37-4)17-15-19)31(26-23-13-9-8-12-21(23)18-32-34(25)26)29(36)38-28(33-31)20-10-6-5-7-11-20/h5-18,24-26H,1-4H3/t24-,25+,26?,31+/m1/s1. The maximum absolute atomic E-state index is 14.2. The van der Waals surface area contributed by atoms with Crippen LogP contribution in [-0.4, -0.2) is 47.6 Å². The van der Waals surface area contributed by atoms with Gasteiger partial charge in [0.05, 0.1) is 19.2 Å². The number of carbonyl (C=O) groups is 2. The molecule has 3 heterocycles. The second-order valence-corrected chi connectivity index (χ2v) is 11.0. The van der Waals surface area contributed by atoms with E-state index in [0.29, 0.717) is 11.3 Å². The molecule has 3 aromatic carbocycles. The first kappa shape index (κ1) is 24.1. The number of carbonyl (C=O) groups excluding carboxylic acids is 2. The zero-order chi connectivity index (χ0) is 26.7. The van der Waals surface area contributed by atoms with Crippen molar-refractivity contribution in [2.24, 2.45) is 15.5 Å².